The zero-order valence-corrected chi connectivity index (χ0v) is 22.9. The van der Waals surface area contributed by atoms with Crippen LogP contribution in [0.5, 0.6) is 28.7 Å². The van der Waals surface area contributed by atoms with Crippen LogP contribution in [0.1, 0.15) is 30.4 Å². The predicted octanol–water partition coefficient (Wildman–Crippen LogP) is 5.78. The Hall–Kier alpha value is -4.46. The van der Waals surface area contributed by atoms with E-state index in [0.717, 1.165) is 51.9 Å². The Bertz CT molecular complexity index is 1570. The van der Waals surface area contributed by atoms with Gasteiger partial charge in [0.1, 0.15) is 17.2 Å². The van der Waals surface area contributed by atoms with Crippen LogP contribution in [-0.2, 0) is 17.8 Å². The van der Waals surface area contributed by atoms with Gasteiger partial charge in [-0.1, -0.05) is 18.2 Å². The highest BCUT2D eigenvalue weighted by Gasteiger charge is 2.33. The van der Waals surface area contributed by atoms with Crippen LogP contribution in [0.2, 0.25) is 0 Å². The maximum Gasteiger partial charge on any atom is 0.231 e. The van der Waals surface area contributed by atoms with Crippen LogP contribution < -0.4 is 23.7 Å². The zero-order valence-electron chi connectivity index (χ0n) is 22.9. The lowest BCUT2D eigenvalue weighted by molar-refractivity contribution is -0.132. The topological polar surface area (TPSA) is 79.4 Å². The molecule has 1 aliphatic carbocycles. The second-order valence-electron chi connectivity index (χ2n) is 10.0. The molecule has 40 heavy (non-hydrogen) atoms. The van der Waals surface area contributed by atoms with Gasteiger partial charge in [-0.2, -0.15) is 0 Å². The molecular weight excluding hydrogens is 508 g/mol. The molecule has 0 radical (unpaired) electrons. The fourth-order valence-electron chi connectivity index (χ4n) is 5.25. The minimum absolute atomic E-state index is 0.114. The molecule has 0 spiro atoms. The molecule has 1 saturated carbocycles. The second kappa shape index (κ2) is 11.0. The van der Waals surface area contributed by atoms with E-state index in [1.165, 1.54) is 0 Å². The minimum atomic E-state index is 0.114. The van der Waals surface area contributed by atoms with Crippen LogP contribution in [0.15, 0.2) is 60.7 Å². The third-order valence-electron chi connectivity index (χ3n) is 7.50. The summed E-state index contributed by atoms with van der Waals surface area (Å²) in [6.45, 7) is 0.619. The number of para-hydroxylation sites is 1. The molecule has 0 atom stereocenters. The summed E-state index contributed by atoms with van der Waals surface area (Å²) in [4.78, 5) is 20.8. The van der Waals surface area contributed by atoms with Gasteiger partial charge in [-0.05, 0) is 66.8 Å². The van der Waals surface area contributed by atoms with Gasteiger partial charge in [0.05, 0.1) is 32.5 Å². The van der Waals surface area contributed by atoms with E-state index in [1.54, 1.807) is 21.3 Å². The summed E-state index contributed by atoms with van der Waals surface area (Å²) in [5.41, 5.74) is 4.27. The standard InChI is InChI=1S/C32H32N2O6/c1-36-24-11-12-28(38-3)25(16-24)32-22(14-21-15-29-30(40-19-39-29)17-26(21)33-32)18-34(23-9-10-23)31(35)13-8-20-6-4-5-7-27(20)37-2/h4-7,11-12,14-17,23H,8-10,13,18-19H2,1-3H3. The summed E-state index contributed by atoms with van der Waals surface area (Å²) < 4.78 is 28.0. The first-order chi connectivity index (χ1) is 19.6. The first-order valence-electron chi connectivity index (χ1n) is 13.4. The van der Waals surface area contributed by atoms with Crippen molar-refractivity contribution in [3.8, 4) is 40.0 Å². The molecule has 0 saturated heterocycles. The molecule has 6 rings (SSSR count). The number of hydrogen-bond donors (Lipinski definition) is 0. The van der Waals surface area contributed by atoms with Crippen molar-refractivity contribution in [2.45, 2.75) is 38.3 Å². The van der Waals surface area contributed by atoms with Gasteiger partial charge >= 0.3 is 0 Å². The molecule has 1 fully saturated rings. The normalized spacial score (nSPS) is 13.8. The lowest BCUT2D eigenvalue weighted by Gasteiger charge is -2.25. The lowest BCUT2D eigenvalue weighted by atomic mass is 10.0. The maximum absolute atomic E-state index is 13.7. The van der Waals surface area contributed by atoms with E-state index in [2.05, 4.69) is 6.07 Å². The first-order valence-corrected chi connectivity index (χ1v) is 13.4. The van der Waals surface area contributed by atoms with Gasteiger partial charge in [-0.15, -0.1) is 0 Å². The molecule has 0 N–H and O–H groups in total. The van der Waals surface area contributed by atoms with Crippen LogP contribution in [0.4, 0.5) is 0 Å². The quantitative estimate of drug-likeness (QED) is 0.252. The summed E-state index contributed by atoms with van der Waals surface area (Å²) in [5, 5.41) is 0.919. The number of rotatable bonds is 10. The van der Waals surface area contributed by atoms with Gasteiger partial charge in [0.15, 0.2) is 11.5 Å². The van der Waals surface area contributed by atoms with Crippen molar-refractivity contribution < 1.29 is 28.5 Å². The van der Waals surface area contributed by atoms with Crippen molar-refractivity contribution in [2.24, 2.45) is 0 Å². The minimum Gasteiger partial charge on any atom is -0.497 e. The van der Waals surface area contributed by atoms with Crippen molar-refractivity contribution in [1.82, 2.24) is 9.88 Å². The Balaban J connectivity index is 1.39. The van der Waals surface area contributed by atoms with Crippen molar-refractivity contribution in [1.29, 1.82) is 0 Å². The van der Waals surface area contributed by atoms with Gasteiger partial charge in [-0.25, -0.2) is 4.98 Å². The van der Waals surface area contributed by atoms with Crippen molar-refractivity contribution in [2.75, 3.05) is 28.1 Å². The number of hydrogen-bond acceptors (Lipinski definition) is 7. The highest BCUT2D eigenvalue weighted by atomic mass is 16.7. The molecular formula is C32H32N2O6. The molecule has 1 amide bonds. The first kappa shape index (κ1) is 25.8. The summed E-state index contributed by atoms with van der Waals surface area (Å²) >= 11 is 0. The molecule has 8 heteroatoms. The average molecular weight is 541 g/mol. The van der Waals surface area contributed by atoms with E-state index >= 15 is 0 Å². The number of ether oxygens (including phenoxy) is 5. The van der Waals surface area contributed by atoms with Gasteiger partial charge in [0, 0.05) is 36.0 Å². The van der Waals surface area contributed by atoms with Gasteiger partial charge < -0.3 is 28.6 Å². The number of amides is 1. The third-order valence-corrected chi connectivity index (χ3v) is 7.50. The molecule has 8 nitrogen and oxygen atoms in total. The molecule has 2 aliphatic rings. The van der Waals surface area contributed by atoms with Gasteiger partial charge in [0.2, 0.25) is 12.7 Å². The monoisotopic (exact) mass is 540 g/mol. The number of carbonyl (C=O) groups is 1. The number of nitrogens with zero attached hydrogens (tertiary/aromatic N) is 2. The number of fused-ring (bicyclic) bond motifs is 2. The summed E-state index contributed by atoms with van der Waals surface area (Å²) in [6.07, 6.45) is 3.01. The second-order valence-corrected chi connectivity index (χ2v) is 10.0. The average Bonchev–Trinajstić information content (AvgIpc) is 3.73. The Morgan fingerprint density at radius 3 is 2.42 bits per heavy atom. The van der Waals surface area contributed by atoms with Gasteiger partial charge in [0.25, 0.3) is 0 Å². The highest BCUT2D eigenvalue weighted by Crippen LogP contribution is 2.41. The number of carbonyl (C=O) groups excluding carboxylic acids is 1. The fraction of sp³-hybridized carbons (Fsp3) is 0.312. The Labute approximate surface area is 233 Å². The highest BCUT2D eigenvalue weighted by molar-refractivity contribution is 5.88. The Kier molecular flexibility index (Phi) is 7.07. The number of pyridine rings is 1. The van der Waals surface area contributed by atoms with Crippen LogP contribution in [0, 0.1) is 0 Å². The maximum atomic E-state index is 13.7. The zero-order chi connectivity index (χ0) is 27.6. The predicted molar refractivity (Wildman–Crippen MR) is 151 cm³/mol. The van der Waals surface area contributed by atoms with E-state index < -0.39 is 0 Å². The molecule has 206 valence electrons. The van der Waals surface area contributed by atoms with E-state index in [4.69, 9.17) is 28.7 Å². The smallest absolute Gasteiger partial charge is 0.231 e. The number of aryl methyl sites for hydroxylation is 1. The molecule has 4 aromatic rings. The number of benzene rings is 3. The van der Waals surface area contributed by atoms with Crippen molar-refractivity contribution >= 4 is 16.8 Å². The lowest BCUT2D eigenvalue weighted by Crippen LogP contribution is -2.33. The molecule has 3 aromatic carbocycles. The summed E-state index contributed by atoms with van der Waals surface area (Å²) in [5.74, 6) is 3.65. The number of aromatic nitrogens is 1. The van der Waals surface area contributed by atoms with Gasteiger partial charge in [-0.3, -0.25) is 4.79 Å². The van der Waals surface area contributed by atoms with Crippen LogP contribution >= 0.6 is 0 Å². The Morgan fingerprint density at radius 2 is 1.68 bits per heavy atom. The molecule has 1 aliphatic heterocycles. The van der Waals surface area contributed by atoms with Crippen LogP contribution in [-0.4, -0.2) is 50.0 Å². The van der Waals surface area contributed by atoms with E-state index in [-0.39, 0.29) is 18.7 Å². The fourth-order valence-corrected chi connectivity index (χ4v) is 5.25. The van der Waals surface area contributed by atoms with Crippen molar-refractivity contribution in [3.63, 3.8) is 0 Å². The van der Waals surface area contributed by atoms with E-state index in [0.29, 0.717) is 42.4 Å². The summed E-state index contributed by atoms with van der Waals surface area (Å²) in [6, 6.07) is 19.7. The number of methoxy groups -OCH3 is 3. The largest absolute Gasteiger partial charge is 0.497 e. The Morgan fingerprint density at radius 1 is 0.900 bits per heavy atom. The SMILES string of the molecule is COc1ccc(OC)c(-c2nc3cc4c(cc3cc2CN(C(=O)CCc2ccccc2OC)C2CC2)OCO4)c1. The van der Waals surface area contributed by atoms with E-state index in [9.17, 15) is 4.79 Å². The summed E-state index contributed by atoms with van der Waals surface area (Å²) in [7, 11) is 4.93. The molecule has 1 aromatic heterocycles. The van der Waals surface area contributed by atoms with Crippen LogP contribution in [0.3, 0.4) is 0 Å². The van der Waals surface area contributed by atoms with E-state index in [1.807, 2.05) is 59.5 Å². The molecule has 0 bridgehead atoms. The molecule has 0 unspecified atom stereocenters. The third kappa shape index (κ3) is 5.09. The van der Waals surface area contributed by atoms with Crippen molar-refractivity contribution in [3.05, 3.63) is 71.8 Å². The molecule has 2 heterocycles. The van der Waals surface area contributed by atoms with Crippen LogP contribution in [0.25, 0.3) is 22.2 Å².